The Morgan fingerprint density at radius 3 is 2.48 bits per heavy atom. The molecule has 0 fully saturated rings. The summed E-state index contributed by atoms with van der Waals surface area (Å²) >= 11 is 1.30. The van der Waals surface area contributed by atoms with Crippen LogP contribution in [0.5, 0.6) is 0 Å². The second-order valence-electron chi connectivity index (χ2n) is 5.36. The summed E-state index contributed by atoms with van der Waals surface area (Å²) in [7, 11) is 3.88. The Kier molecular flexibility index (Phi) is 4.80. The molecule has 2 amide bonds. The molecule has 2 aromatic heterocycles. The van der Waals surface area contributed by atoms with Crippen LogP contribution in [0.25, 0.3) is 0 Å². The first-order chi connectivity index (χ1) is 12.0. The fourth-order valence-electron chi connectivity index (χ4n) is 2.04. The minimum atomic E-state index is -0.419. The maximum atomic E-state index is 12.2. The molecule has 0 saturated carbocycles. The molecule has 0 radical (unpaired) electrons. The number of carbonyl (C=O) groups excluding carboxylic acids is 2. The summed E-state index contributed by atoms with van der Waals surface area (Å²) in [6.07, 6.45) is 1.20. The van der Waals surface area contributed by atoms with Crippen molar-refractivity contribution in [2.24, 2.45) is 0 Å². The first-order valence-corrected chi connectivity index (χ1v) is 8.30. The van der Waals surface area contributed by atoms with E-state index in [9.17, 15) is 9.59 Å². The van der Waals surface area contributed by atoms with Gasteiger partial charge in [-0.05, 0) is 35.7 Å². The van der Waals surface area contributed by atoms with Crippen LogP contribution in [0.2, 0.25) is 0 Å². The Labute approximate surface area is 148 Å². The number of aromatic nitrogens is 1. The summed E-state index contributed by atoms with van der Waals surface area (Å²) < 4.78 is 5.14. The zero-order valence-corrected chi connectivity index (χ0v) is 14.5. The molecular weight excluding hydrogens is 340 g/mol. The molecule has 0 atom stereocenters. The van der Waals surface area contributed by atoms with E-state index in [0.717, 1.165) is 5.69 Å². The Morgan fingerprint density at radius 1 is 1.08 bits per heavy atom. The smallest absolute Gasteiger partial charge is 0.302 e. The number of rotatable bonds is 5. The highest BCUT2D eigenvalue weighted by Gasteiger charge is 2.15. The van der Waals surface area contributed by atoms with Gasteiger partial charge in [0.05, 0.1) is 4.88 Å². The van der Waals surface area contributed by atoms with Gasteiger partial charge >= 0.3 is 6.01 Å². The average Bonchev–Trinajstić information content (AvgIpc) is 3.27. The van der Waals surface area contributed by atoms with Crippen LogP contribution in [0, 0.1) is 0 Å². The van der Waals surface area contributed by atoms with Crippen molar-refractivity contribution in [1.29, 1.82) is 0 Å². The molecule has 0 unspecified atom stereocenters. The molecule has 25 heavy (non-hydrogen) atoms. The molecule has 0 aliphatic carbocycles. The van der Waals surface area contributed by atoms with Gasteiger partial charge < -0.3 is 14.6 Å². The second-order valence-corrected chi connectivity index (χ2v) is 6.31. The molecule has 3 rings (SSSR count). The van der Waals surface area contributed by atoms with E-state index in [0.29, 0.717) is 10.6 Å². The van der Waals surface area contributed by atoms with E-state index in [-0.39, 0.29) is 17.6 Å². The molecule has 0 aliphatic heterocycles. The first-order valence-electron chi connectivity index (χ1n) is 7.42. The number of nitrogens with zero attached hydrogens (tertiary/aromatic N) is 2. The number of hydrogen-bond donors (Lipinski definition) is 2. The molecule has 8 heteroatoms. The Morgan fingerprint density at radius 2 is 1.84 bits per heavy atom. The lowest BCUT2D eigenvalue weighted by atomic mass is 10.2. The van der Waals surface area contributed by atoms with Crippen molar-refractivity contribution < 1.29 is 14.0 Å². The number of oxazole rings is 1. The Hall–Kier alpha value is -3.13. The maximum Gasteiger partial charge on any atom is 0.302 e. The van der Waals surface area contributed by atoms with Gasteiger partial charge in [-0.3, -0.25) is 14.9 Å². The fraction of sp³-hybridized carbons (Fsp3) is 0.118. The zero-order chi connectivity index (χ0) is 17.8. The van der Waals surface area contributed by atoms with Crippen LogP contribution in [0.1, 0.15) is 20.2 Å². The van der Waals surface area contributed by atoms with Crippen molar-refractivity contribution in [3.63, 3.8) is 0 Å². The highest BCUT2D eigenvalue weighted by atomic mass is 32.1. The third kappa shape index (κ3) is 4.04. The van der Waals surface area contributed by atoms with E-state index in [1.165, 1.54) is 17.6 Å². The highest BCUT2D eigenvalue weighted by Crippen LogP contribution is 2.17. The summed E-state index contributed by atoms with van der Waals surface area (Å²) in [5.41, 5.74) is 1.75. The number of hydrogen-bond acceptors (Lipinski definition) is 6. The summed E-state index contributed by atoms with van der Waals surface area (Å²) in [6.45, 7) is 0. The number of amides is 2. The van der Waals surface area contributed by atoms with Crippen molar-refractivity contribution in [3.05, 3.63) is 58.6 Å². The summed E-state index contributed by atoms with van der Waals surface area (Å²) in [4.78, 5) is 30.6. The van der Waals surface area contributed by atoms with Gasteiger partial charge in [-0.2, -0.15) is 4.98 Å². The van der Waals surface area contributed by atoms with E-state index in [1.807, 2.05) is 31.1 Å². The van der Waals surface area contributed by atoms with Gasteiger partial charge in [-0.1, -0.05) is 6.07 Å². The number of benzene rings is 1. The van der Waals surface area contributed by atoms with Crippen LogP contribution in [-0.2, 0) is 0 Å². The van der Waals surface area contributed by atoms with Crippen molar-refractivity contribution >= 4 is 40.5 Å². The minimum Gasteiger partial charge on any atom is -0.431 e. The van der Waals surface area contributed by atoms with E-state index in [2.05, 4.69) is 15.6 Å². The fourth-order valence-corrected chi connectivity index (χ4v) is 2.66. The van der Waals surface area contributed by atoms with Crippen LogP contribution >= 0.6 is 11.3 Å². The molecule has 0 bridgehead atoms. The lowest BCUT2D eigenvalue weighted by Gasteiger charge is -2.12. The third-order valence-electron chi connectivity index (χ3n) is 3.34. The Balaban J connectivity index is 1.63. The van der Waals surface area contributed by atoms with Gasteiger partial charge in [0.1, 0.15) is 6.26 Å². The van der Waals surface area contributed by atoms with Gasteiger partial charge in [0.15, 0.2) is 5.69 Å². The molecule has 2 heterocycles. The van der Waals surface area contributed by atoms with E-state index in [1.54, 1.807) is 29.6 Å². The molecule has 2 N–H and O–H groups in total. The van der Waals surface area contributed by atoms with Crippen LogP contribution in [0.15, 0.2) is 52.5 Å². The van der Waals surface area contributed by atoms with E-state index in [4.69, 9.17) is 4.42 Å². The van der Waals surface area contributed by atoms with Gasteiger partial charge in [0.2, 0.25) is 0 Å². The van der Waals surface area contributed by atoms with Crippen molar-refractivity contribution in [1.82, 2.24) is 4.98 Å². The average molecular weight is 356 g/mol. The zero-order valence-electron chi connectivity index (χ0n) is 13.6. The third-order valence-corrected chi connectivity index (χ3v) is 4.21. The van der Waals surface area contributed by atoms with Gasteiger partial charge in [0, 0.05) is 25.5 Å². The highest BCUT2D eigenvalue weighted by molar-refractivity contribution is 7.12. The molecule has 7 nitrogen and oxygen atoms in total. The number of carbonyl (C=O) groups is 2. The maximum absolute atomic E-state index is 12.2. The molecule has 1 aromatic carbocycles. The van der Waals surface area contributed by atoms with Crippen LogP contribution in [0.4, 0.5) is 17.4 Å². The second kappa shape index (κ2) is 7.18. The van der Waals surface area contributed by atoms with Crippen LogP contribution in [0.3, 0.4) is 0 Å². The molecule has 3 aromatic rings. The van der Waals surface area contributed by atoms with Crippen molar-refractivity contribution in [3.8, 4) is 0 Å². The molecule has 128 valence electrons. The molecule has 0 saturated heterocycles. The van der Waals surface area contributed by atoms with Gasteiger partial charge in [-0.15, -0.1) is 11.3 Å². The lowest BCUT2D eigenvalue weighted by Crippen LogP contribution is -2.14. The predicted octanol–water partition coefficient (Wildman–Crippen LogP) is 3.31. The predicted molar refractivity (Wildman–Crippen MR) is 97.5 cm³/mol. The topological polar surface area (TPSA) is 87.5 Å². The Bertz CT molecular complexity index is 870. The summed E-state index contributed by atoms with van der Waals surface area (Å²) in [5, 5.41) is 7.04. The quantitative estimate of drug-likeness (QED) is 0.732. The minimum absolute atomic E-state index is 0.0218. The van der Waals surface area contributed by atoms with E-state index >= 15 is 0 Å². The normalized spacial score (nSPS) is 10.3. The van der Waals surface area contributed by atoms with Gasteiger partial charge in [-0.25, -0.2) is 0 Å². The van der Waals surface area contributed by atoms with Crippen LogP contribution < -0.4 is 15.5 Å². The number of nitrogens with one attached hydrogen (secondary N) is 2. The summed E-state index contributed by atoms with van der Waals surface area (Å²) in [5.74, 6) is -0.749. The number of thiophene rings is 1. The largest absolute Gasteiger partial charge is 0.431 e. The van der Waals surface area contributed by atoms with Crippen molar-refractivity contribution in [2.75, 3.05) is 29.6 Å². The first kappa shape index (κ1) is 16.7. The van der Waals surface area contributed by atoms with Crippen LogP contribution in [-0.4, -0.2) is 30.9 Å². The molecule has 0 aliphatic rings. The monoisotopic (exact) mass is 356 g/mol. The SMILES string of the molecule is CN(C)c1ccc(NC(=O)c2coc(NC(=O)c3cccs3)n2)cc1. The van der Waals surface area contributed by atoms with Gasteiger partial charge in [0.25, 0.3) is 11.8 Å². The number of anilines is 3. The van der Waals surface area contributed by atoms with Crippen molar-refractivity contribution in [2.45, 2.75) is 0 Å². The molecule has 0 spiro atoms. The summed E-state index contributed by atoms with van der Waals surface area (Å²) in [6, 6.07) is 10.8. The van der Waals surface area contributed by atoms with E-state index < -0.39 is 5.91 Å². The lowest BCUT2D eigenvalue weighted by molar-refractivity contribution is 0.101. The molecular formula is C17H16N4O3S. The standard InChI is InChI=1S/C17H16N4O3S/c1-21(2)12-7-5-11(6-8-12)18-15(22)13-10-24-17(19-13)20-16(23)14-4-3-9-25-14/h3-10H,1-2H3,(H,18,22)(H,19,20,23).